The summed E-state index contributed by atoms with van der Waals surface area (Å²) < 4.78 is 2.03. The Morgan fingerprint density at radius 3 is 2.60 bits per heavy atom. The molecule has 3 aromatic rings. The molecular weight excluding hydrogens is 464 g/mol. The molecule has 3 N–H and O–H groups in total. The molecule has 0 saturated carbocycles. The summed E-state index contributed by atoms with van der Waals surface area (Å²) in [4.78, 5) is 31.7. The Labute approximate surface area is 212 Å². The average molecular weight is 499 g/mol. The number of hydrogen-bond acceptors (Lipinski definition) is 4. The van der Waals surface area contributed by atoms with Crippen LogP contribution in [-0.4, -0.2) is 51.1 Å². The molecule has 8 nitrogen and oxygen atoms in total. The van der Waals surface area contributed by atoms with Gasteiger partial charge in [0.25, 0.3) is 5.91 Å². The largest absolute Gasteiger partial charge is 0.365 e. The number of aryl methyl sites for hydroxylation is 2. The molecule has 35 heavy (non-hydrogen) atoms. The number of fused-ring (bicyclic) bond motifs is 1. The normalized spacial score (nSPS) is 15.6. The van der Waals surface area contributed by atoms with Gasteiger partial charge in [-0.3, -0.25) is 4.79 Å². The number of nitrogens with one attached hydrogen (secondary N) is 3. The number of anilines is 2. The summed E-state index contributed by atoms with van der Waals surface area (Å²) >= 11 is 0. The maximum Gasteiger partial charge on any atom is 0.317 e. The third kappa shape index (κ3) is 6.06. The molecule has 1 fully saturated rings. The fraction of sp³-hybridized carbons (Fsp3) is 0.423. The minimum Gasteiger partial charge on any atom is -0.365 e. The molecule has 2 aromatic heterocycles. The molecule has 0 bridgehead atoms. The van der Waals surface area contributed by atoms with Crippen molar-refractivity contribution in [2.75, 3.05) is 23.7 Å². The zero-order valence-corrected chi connectivity index (χ0v) is 21.8. The molecule has 1 aromatic carbocycles. The van der Waals surface area contributed by atoms with E-state index in [-0.39, 0.29) is 35.9 Å². The summed E-state index contributed by atoms with van der Waals surface area (Å²) in [5, 5.41) is 10.5. The molecule has 4 rings (SSSR count). The Bertz CT molecular complexity index is 1200. The van der Waals surface area contributed by atoms with E-state index in [1.54, 1.807) is 6.20 Å². The van der Waals surface area contributed by atoms with Crippen LogP contribution in [0.25, 0.3) is 10.9 Å². The van der Waals surface area contributed by atoms with Crippen LogP contribution >= 0.6 is 12.4 Å². The SMILES string of the molecule is CCn1c(C(=O)Nc2ccc(N[C@H]3CCN(C(=O)NC(C)(C)C)C3)nc2)cc2c(C)cccc21.Cl. The molecule has 3 heterocycles. The standard InChI is InChI=1S/C26H34N6O2.ClH/c1-6-32-21-9-7-8-17(2)20(21)14-22(32)24(33)29-18-10-11-23(27-15-18)28-19-12-13-31(16-19)25(34)30-26(3,4)5;/h7-11,14-15,19H,6,12-13,16H2,1-5H3,(H,27,28)(H,29,33)(H,30,34);1H/t19-;/m0./s1. The van der Waals surface area contributed by atoms with Crippen molar-refractivity contribution in [3.8, 4) is 0 Å². The van der Waals surface area contributed by atoms with Crippen molar-refractivity contribution in [1.82, 2.24) is 19.8 Å². The summed E-state index contributed by atoms with van der Waals surface area (Å²) in [7, 11) is 0. The lowest BCUT2D eigenvalue weighted by Gasteiger charge is -2.25. The highest BCUT2D eigenvalue weighted by atomic mass is 35.5. The van der Waals surface area contributed by atoms with Crippen LogP contribution in [-0.2, 0) is 6.54 Å². The number of aromatic nitrogens is 2. The van der Waals surface area contributed by atoms with E-state index in [9.17, 15) is 9.59 Å². The molecule has 0 unspecified atom stereocenters. The zero-order valence-electron chi connectivity index (χ0n) is 21.0. The van der Waals surface area contributed by atoms with Gasteiger partial charge in [0, 0.05) is 42.1 Å². The number of nitrogens with zero attached hydrogens (tertiary/aromatic N) is 3. The van der Waals surface area contributed by atoms with Gasteiger partial charge in [0.05, 0.1) is 11.9 Å². The van der Waals surface area contributed by atoms with Gasteiger partial charge in [-0.2, -0.15) is 0 Å². The van der Waals surface area contributed by atoms with E-state index >= 15 is 0 Å². The van der Waals surface area contributed by atoms with Crippen molar-refractivity contribution in [1.29, 1.82) is 0 Å². The molecule has 1 saturated heterocycles. The molecule has 0 radical (unpaired) electrons. The Hall–Kier alpha value is -3.26. The van der Waals surface area contributed by atoms with Crippen LogP contribution in [0.2, 0.25) is 0 Å². The minimum absolute atomic E-state index is 0. The van der Waals surface area contributed by atoms with Crippen LogP contribution in [0.1, 0.15) is 50.2 Å². The summed E-state index contributed by atoms with van der Waals surface area (Å²) in [5.41, 5.74) is 3.23. The number of rotatable bonds is 5. The number of carbonyl (C=O) groups is 2. The number of benzene rings is 1. The summed E-state index contributed by atoms with van der Waals surface area (Å²) in [6.45, 7) is 12.1. The van der Waals surface area contributed by atoms with Crippen molar-refractivity contribution in [3.05, 3.63) is 53.9 Å². The Morgan fingerprint density at radius 1 is 1.17 bits per heavy atom. The van der Waals surface area contributed by atoms with Gasteiger partial charge in [-0.25, -0.2) is 9.78 Å². The molecule has 3 amide bonds. The first kappa shape index (κ1) is 26.3. The van der Waals surface area contributed by atoms with Gasteiger partial charge in [-0.15, -0.1) is 12.4 Å². The third-order valence-electron chi connectivity index (χ3n) is 6.04. The smallest absolute Gasteiger partial charge is 0.317 e. The second-order valence-electron chi connectivity index (χ2n) is 9.92. The van der Waals surface area contributed by atoms with Crippen molar-refractivity contribution >= 4 is 46.8 Å². The third-order valence-corrected chi connectivity index (χ3v) is 6.04. The lowest BCUT2D eigenvalue weighted by Crippen LogP contribution is -2.48. The second-order valence-corrected chi connectivity index (χ2v) is 9.92. The Kier molecular flexibility index (Phi) is 7.95. The molecule has 1 atom stereocenters. The fourth-order valence-electron chi connectivity index (χ4n) is 4.38. The van der Waals surface area contributed by atoms with Crippen LogP contribution in [0.3, 0.4) is 0 Å². The Balaban J connectivity index is 0.00000342. The van der Waals surface area contributed by atoms with Crippen molar-refractivity contribution < 1.29 is 9.59 Å². The first-order chi connectivity index (χ1) is 16.1. The number of halogens is 1. The number of hydrogen-bond donors (Lipinski definition) is 3. The molecule has 0 spiro atoms. The summed E-state index contributed by atoms with van der Waals surface area (Å²) in [6.07, 6.45) is 2.52. The van der Waals surface area contributed by atoms with Gasteiger partial charge in [-0.05, 0) is 70.9 Å². The second kappa shape index (κ2) is 10.6. The summed E-state index contributed by atoms with van der Waals surface area (Å²) in [6, 6.07) is 11.9. The summed E-state index contributed by atoms with van der Waals surface area (Å²) in [5.74, 6) is 0.565. The van der Waals surface area contributed by atoms with E-state index in [0.717, 1.165) is 28.7 Å². The first-order valence-electron chi connectivity index (χ1n) is 11.8. The number of likely N-dealkylation sites (tertiary alicyclic amines) is 1. The van der Waals surface area contributed by atoms with E-state index in [1.807, 2.05) is 67.5 Å². The quantitative estimate of drug-likeness (QED) is 0.460. The lowest BCUT2D eigenvalue weighted by molar-refractivity contribution is 0.101. The highest BCUT2D eigenvalue weighted by Gasteiger charge is 2.28. The predicted octanol–water partition coefficient (Wildman–Crippen LogP) is 5.03. The number of pyridine rings is 1. The predicted molar refractivity (Wildman–Crippen MR) is 144 cm³/mol. The van der Waals surface area contributed by atoms with Crippen LogP contribution < -0.4 is 16.0 Å². The van der Waals surface area contributed by atoms with Crippen LogP contribution in [0.4, 0.5) is 16.3 Å². The first-order valence-corrected chi connectivity index (χ1v) is 11.8. The van der Waals surface area contributed by atoms with Gasteiger partial charge < -0.3 is 25.4 Å². The maximum atomic E-state index is 13.0. The Morgan fingerprint density at radius 2 is 1.94 bits per heavy atom. The van der Waals surface area contributed by atoms with Crippen molar-refractivity contribution in [3.63, 3.8) is 0 Å². The highest BCUT2D eigenvalue weighted by Crippen LogP contribution is 2.24. The van der Waals surface area contributed by atoms with Gasteiger partial charge >= 0.3 is 6.03 Å². The van der Waals surface area contributed by atoms with E-state index in [1.165, 1.54) is 0 Å². The number of carbonyl (C=O) groups excluding carboxylic acids is 2. The molecule has 9 heteroatoms. The topological polar surface area (TPSA) is 91.3 Å². The molecule has 0 aliphatic carbocycles. The van der Waals surface area contributed by atoms with Crippen molar-refractivity contribution in [2.45, 2.75) is 59.2 Å². The van der Waals surface area contributed by atoms with Crippen molar-refractivity contribution in [2.24, 2.45) is 0 Å². The van der Waals surface area contributed by atoms with E-state index in [4.69, 9.17) is 0 Å². The van der Waals surface area contributed by atoms with E-state index < -0.39 is 0 Å². The molecule has 1 aliphatic rings. The maximum absolute atomic E-state index is 13.0. The van der Waals surface area contributed by atoms with Crippen LogP contribution in [0.5, 0.6) is 0 Å². The van der Waals surface area contributed by atoms with Gasteiger partial charge in [-0.1, -0.05) is 12.1 Å². The highest BCUT2D eigenvalue weighted by molar-refractivity contribution is 6.06. The van der Waals surface area contributed by atoms with E-state index in [2.05, 4.69) is 33.9 Å². The molecule has 188 valence electrons. The fourth-order valence-corrected chi connectivity index (χ4v) is 4.38. The van der Waals surface area contributed by atoms with Crippen LogP contribution in [0, 0.1) is 6.92 Å². The molecular formula is C26H35ClN6O2. The average Bonchev–Trinajstić information content (AvgIpc) is 3.39. The lowest BCUT2D eigenvalue weighted by atomic mass is 10.1. The number of amides is 3. The molecule has 1 aliphatic heterocycles. The van der Waals surface area contributed by atoms with Crippen LogP contribution in [0.15, 0.2) is 42.6 Å². The van der Waals surface area contributed by atoms with E-state index in [0.29, 0.717) is 31.0 Å². The van der Waals surface area contributed by atoms with Gasteiger partial charge in [0.15, 0.2) is 0 Å². The van der Waals surface area contributed by atoms with Gasteiger partial charge in [0.1, 0.15) is 11.5 Å². The minimum atomic E-state index is -0.255. The van der Waals surface area contributed by atoms with Gasteiger partial charge in [0.2, 0.25) is 0 Å². The monoisotopic (exact) mass is 498 g/mol. The zero-order chi connectivity index (χ0) is 24.5. The number of urea groups is 1.